The summed E-state index contributed by atoms with van der Waals surface area (Å²) in [6, 6.07) is 8.33. The van der Waals surface area contributed by atoms with Crippen molar-refractivity contribution in [3.05, 3.63) is 41.7 Å². The average Bonchev–Trinajstić information content (AvgIpc) is 2.61. The summed E-state index contributed by atoms with van der Waals surface area (Å²) in [6.07, 6.45) is 0. The second-order valence-corrected chi connectivity index (χ2v) is 3.72. The standard InChI is InChI=1S/C12H11N3O3/c1-7(14-13)9-10(16)12(18)15(11(9)17)8-5-3-2-4-6-8/h2-6,16H,13H2,1H3/b14-7+. The number of aliphatic hydroxyl groups excluding tert-OH is 1. The first-order valence-electron chi connectivity index (χ1n) is 5.20. The van der Waals surface area contributed by atoms with Gasteiger partial charge in [-0.3, -0.25) is 9.59 Å². The molecule has 1 aromatic rings. The van der Waals surface area contributed by atoms with Crippen LogP contribution in [0, 0.1) is 0 Å². The molecule has 0 aromatic heterocycles. The first kappa shape index (κ1) is 11.8. The minimum absolute atomic E-state index is 0.115. The number of imide groups is 1. The molecule has 0 radical (unpaired) electrons. The number of carbonyl (C=O) groups excluding carboxylic acids is 2. The number of hydrazone groups is 1. The second-order valence-electron chi connectivity index (χ2n) is 3.72. The number of nitrogens with zero attached hydrogens (tertiary/aromatic N) is 2. The number of carbonyl (C=O) groups is 2. The average molecular weight is 245 g/mol. The smallest absolute Gasteiger partial charge is 0.301 e. The number of aliphatic hydroxyl groups is 1. The normalized spacial score (nSPS) is 16.7. The van der Waals surface area contributed by atoms with Gasteiger partial charge in [0.25, 0.3) is 5.91 Å². The molecule has 1 aliphatic rings. The van der Waals surface area contributed by atoms with Gasteiger partial charge in [-0.2, -0.15) is 5.10 Å². The molecule has 2 rings (SSSR count). The van der Waals surface area contributed by atoms with Crippen molar-refractivity contribution in [2.45, 2.75) is 6.92 Å². The molecule has 0 atom stereocenters. The number of hydrogen-bond acceptors (Lipinski definition) is 5. The Hall–Kier alpha value is -2.63. The van der Waals surface area contributed by atoms with E-state index >= 15 is 0 Å². The molecule has 3 N–H and O–H groups in total. The van der Waals surface area contributed by atoms with Crippen LogP contribution in [0.2, 0.25) is 0 Å². The topological polar surface area (TPSA) is 96.0 Å². The predicted octanol–water partition coefficient (Wildman–Crippen LogP) is 0.706. The van der Waals surface area contributed by atoms with Gasteiger partial charge in [-0.05, 0) is 19.1 Å². The minimum Gasteiger partial charge on any atom is -0.502 e. The van der Waals surface area contributed by atoms with Gasteiger partial charge in [0.05, 0.1) is 11.4 Å². The highest BCUT2D eigenvalue weighted by atomic mass is 16.3. The quantitative estimate of drug-likeness (QED) is 0.347. The summed E-state index contributed by atoms with van der Waals surface area (Å²) in [5.41, 5.74) is 0.342. The van der Waals surface area contributed by atoms with Crippen LogP contribution in [0.4, 0.5) is 5.69 Å². The molecule has 0 saturated heterocycles. The molecule has 92 valence electrons. The number of anilines is 1. The highest BCUT2D eigenvalue weighted by Crippen LogP contribution is 2.26. The number of nitrogens with two attached hydrogens (primary N) is 1. The van der Waals surface area contributed by atoms with Crippen LogP contribution < -0.4 is 10.7 Å². The SMILES string of the molecule is C/C(=N\N)C1=C(O)C(=O)N(c2ccccc2)C1=O. The molecule has 0 bridgehead atoms. The van der Waals surface area contributed by atoms with E-state index in [0.29, 0.717) is 5.69 Å². The predicted molar refractivity (Wildman–Crippen MR) is 65.9 cm³/mol. The minimum atomic E-state index is -0.774. The Morgan fingerprint density at radius 2 is 1.83 bits per heavy atom. The van der Waals surface area contributed by atoms with Gasteiger partial charge in [0.15, 0.2) is 5.76 Å². The van der Waals surface area contributed by atoms with E-state index in [4.69, 9.17) is 5.84 Å². The molecular weight excluding hydrogens is 234 g/mol. The van der Waals surface area contributed by atoms with E-state index in [1.165, 1.54) is 6.92 Å². The molecule has 2 amide bonds. The molecule has 0 unspecified atom stereocenters. The maximum Gasteiger partial charge on any atom is 0.301 e. The van der Waals surface area contributed by atoms with E-state index < -0.39 is 17.6 Å². The summed E-state index contributed by atoms with van der Waals surface area (Å²) in [7, 11) is 0. The van der Waals surface area contributed by atoms with Crippen molar-refractivity contribution < 1.29 is 14.7 Å². The molecule has 0 spiro atoms. The molecule has 1 heterocycles. The van der Waals surface area contributed by atoms with Gasteiger partial charge in [0.2, 0.25) is 0 Å². The van der Waals surface area contributed by atoms with Crippen molar-refractivity contribution in [3.63, 3.8) is 0 Å². The summed E-state index contributed by atoms with van der Waals surface area (Å²) in [4.78, 5) is 24.8. The summed E-state index contributed by atoms with van der Waals surface area (Å²) in [5.74, 6) is 3.03. The van der Waals surface area contributed by atoms with Crippen molar-refractivity contribution in [1.82, 2.24) is 0 Å². The van der Waals surface area contributed by atoms with Crippen molar-refractivity contribution in [3.8, 4) is 0 Å². The Morgan fingerprint density at radius 1 is 1.22 bits per heavy atom. The van der Waals surface area contributed by atoms with Crippen LogP contribution in [0.1, 0.15) is 6.92 Å². The number of hydrogen-bond donors (Lipinski definition) is 2. The van der Waals surface area contributed by atoms with Gasteiger partial charge in [-0.15, -0.1) is 0 Å². The largest absolute Gasteiger partial charge is 0.502 e. The monoisotopic (exact) mass is 245 g/mol. The third-order valence-corrected chi connectivity index (χ3v) is 2.63. The van der Waals surface area contributed by atoms with Gasteiger partial charge in [0, 0.05) is 0 Å². The zero-order valence-electron chi connectivity index (χ0n) is 9.62. The first-order chi connectivity index (χ1) is 8.57. The molecule has 0 aliphatic carbocycles. The molecular formula is C12H11N3O3. The van der Waals surface area contributed by atoms with Crippen LogP contribution in [0.15, 0.2) is 46.8 Å². The molecule has 6 heteroatoms. The number of para-hydroxylation sites is 1. The summed E-state index contributed by atoms with van der Waals surface area (Å²) in [5, 5.41) is 13.0. The highest BCUT2D eigenvalue weighted by molar-refractivity contribution is 6.41. The van der Waals surface area contributed by atoms with E-state index in [1.54, 1.807) is 30.3 Å². The molecule has 0 saturated carbocycles. The fraction of sp³-hybridized carbons (Fsp3) is 0.0833. The Bertz CT molecular complexity index is 575. The Labute approximate surface area is 103 Å². The zero-order chi connectivity index (χ0) is 13.3. The molecule has 18 heavy (non-hydrogen) atoms. The van der Waals surface area contributed by atoms with Crippen LogP contribution >= 0.6 is 0 Å². The molecule has 6 nitrogen and oxygen atoms in total. The lowest BCUT2D eigenvalue weighted by atomic mass is 10.1. The van der Waals surface area contributed by atoms with E-state index in [2.05, 4.69) is 5.10 Å². The van der Waals surface area contributed by atoms with Crippen LogP contribution in [0.5, 0.6) is 0 Å². The highest BCUT2D eigenvalue weighted by Gasteiger charge is 2.40. The van der Waals surface area contributed by atoms with Crippen molar-refractivity contribution in [1.29, 1.82) is 0 Å². The van der Waals surface area contributed by atoms with E-state index in [-0.39, 0.29) is 11.3 Å². The summed E-state index contributed by atoms with van der Waals surface area (Å²) < 4.78 is 0. The second kappa shape index (κ2) is 4.33. The van der Waals surface area contributed by atoms with Crippen LogP contribution in [-0.2, 0) is 9.59 Å². The van der Waals surface area contributed by atoms with Crippen molar-refractivity contribution >= 4 is 23.2 Å². The maximum absolute atomic E-state index is 12.1. The Morgan fingerprint density at radius 3 is 2.39 bits per heavy atom. The van der Waals surface area contributed by atoms with Crippen molar-refractivity contribution in [2.75, 3.05) is 4.90 Å². The molecule has 1 aromatic carbocycles. The Balaban J connectivity index is 2.48. The maximum atomic E-state index is 12.1. The zero-order valence-corrected chi connectivity index (χ0v) is 9.62. The van der Waals surface area contributed by atoms with Crippen molar-refractivity contribution in [2.24, 2.45) is 10.9 Å². The van der Waals surface area contributed by atoms with Gasteiger partial charge in [-0.25, -0.2) is 4.90 Å². The third kappa shape index (κ3) is 1.64. The van der Waals surface area contributed by atoms with Gasteiger partial charge in [0.1, 0.15) is 5.57 Å². The fourth-order valence-electron chi connectivity index (χ4n) is 1.72. The lowest BCUT2D eigenvalue weighted by Gasteiger charge is -2.13. The van der Waals surface area contributed by atoms with E-state index in [1.807, 2.05) is 0 Å². The molecule has 0 fully saturated rings. The molecule has 1 aliphatic heterocycles. The van der Waals surface area contributed by atoms with Crippen LogP contribution in [0.25, 0.3) is 0 Å². The third-order valence-electron chi connectivity index (χ3n) is 2.63. The lowest BCUT2D eigenvalue weighted by molar-refractivity contribution is -0.121. The fourth-order valence-corrected chi connectivity index (χ4v) is 1.72. The van der Waals surface area contributed by atoms with Gasteiger partial charge in [-0.1, -0.05) is 18.2 Å². The van der Waals surface area contributed by atoms with E-state index in [0.717, 1.165) is 4.90 Å². The first-order valence-corrected chi connectivity index (χ1v) is 5.20. The number of rotatable bonds is 2. The van der Waals surface area contributed by atoms with Crippen LogP contribution in [-0.4, -0.2) is 22.6 Å². The van der Waals surface area contributed by atoms with E-state index in [9.17, 15) is 14.7 Å². The lowest BCUT2D eigenvalue weighted by Crippen LogP contribution is -2.32. The van der Waals surface area contributed by atoms with Gasteiger partial charge >= 0.3 is 5.91 Å². The number of benzene rings is 1. The Kier molecular flexibility index (Phi) is 2.85. The number of amides is 2. The van der Waals surface area contributed by atoms with Gasteiger partial charge < -0.3 is 10.9 Å². The summed E-state index contributed by atoms with van der Waals surface area (Å²) in [6.45, 7) is 1.45. The summed E-state index contributed by atoms with van der Waals surface area (Å²) >= 11 is 0. The van der Waals surface area contributed by atoms with Crippen LogP contribution in [0.3, 0.4) is 0 Å².